The number of rotatable bonds is 3. The predicted molar refractivity (Wildman–Crippen MR) is 69.6 cm³/mol. The van der Waals surface area contributed by atoms with Gasteiger partial charge in [-0.1, -0.05) is 18.2 Å². The lowest BCUT2D eigenvalue weighted by Crippen LogP contribution is -2.07. The number of benzene rings is 2. The van der Waals surface area contributed by atoms with Crippen molar-refractivity contribution in [3.63, 3.8) is 0 Å². The maximum absolute atomic E-state index is 13.4. The van der Waals surface area contributed by atoms with Crippen LogP contribution >= 0.6 is 0 Å². The Hall–Kier alpha value is -1.90. The Morgan fingerprint density at radius 1 is 1.06 bits per heavy atom. The lowest BCUT2D eigenvalue weighted by atomic mass is 10.1. The van der Waals surface area contributed by atoms with Crippen LogP contribution in [0.15, 0.2) is 42.5 Å². The monoisotopic (exact) mass is 247 g/mol. The van der Waals surface area contributed by atoms with E-state index in [4.69, 9.17) is 0 Å². The van der Waals surface area contributed by atoms with Crippen molar-refractivity contribution in [3.8, 4) is 0 Å². The van der Waals surface area contributed by atoms with E-state index in [0.717, 1.165) is 5.56 Å². The molecule has 1 unspecified atom stereocenters. The Kier molecular flexibility index (Phi) is 3.60. The highest BCUT2D eigenvalue weighted by atomic mass is 19.1. The first kappa shape index (κ1) is 12.6. The molecular formula is C15H15F2N. The van der Waals surface area contributed by atoms with Crippen LogP contribution in [0.4, 0.5) is 14.5 Å². The zero-order valence-corrected chi connectivity index (χ0v) is 10.4. The van der Waals surface area contributed by atoms with Gasteiger partial charge in [0.15, 0.2) is 0 Å². The molecule has 2 rings (SSSR count). The quantitative estimate of drug-likeness (QED) is 0.845. The average Bonchev–Trinajstić information content (AvgIpc) is 2.34. The highest BCUT2D eigenvalue weighted by molar-refractivity contribution is 5.47. The standard InChI is InChI=1S/C15H15F2N/c1-10-6-7-14(9-15(10)17)18-11(2)12-4-3-5-13(16)8-12/h3-9,11,18H,1-2H3. The van der Waals surface area contributed by atoms with Crippen LogP contribution in [0.5, 0.6) is 0 Å². The molecule has 3 heteroatoms. The molecule has 2 aromatic carbocycles. The van der Waals surface area contributed by atoms with Crippen molar-refractivity contribution >= 4 is 5.69 Å². The van der Waals surface area contributed by atoms with Gasteiger partial charge in [0.1, 0.15) is 11.6 Å². The summed E-state index contributed by atoms with van der Waals surface area (Å²) in [5.41, 5.74) is 2.13. The zero-order valence-electron chi connectivity index (χ0n) is 10.4. The predicted octanol–water partition coefficient (Wildman–Crippen LogP) is 4.45. The SMILES string of the molecule is Cc1ccc(NC(C)c2cccc(F)c2)cc1F. The maximum atomic E-state index is 13.4. The summed E-state index contributed by atoms with van der Waals surface area (Å²) in [7, 11) is 0. The van der Waals surface area contributed by atoms with Gasteiger partial charge in [-0.3, -0.25) is 0 Å². The van der Waals surface area contributed by atoms with Crippen LogP contribution in [-0.2, 0) is 0 Å². The summed E-state index contributed by atoms with van der Waals surface area (Å²) in [6.45, 7) is 3.63. The largest absolute Gasteiger partial charge is 0.378 e. The molecule has 2 aromatic rings. The van der Waals surface area contributed by atoms with Crippen molar-refractivity contribution in [2.24, 2.45) is 0 Å². The Labute approximate surface area is 105 Å². The van der Waals surface area contributed by atoms with Crippen LogP contribution in [0, 0.1) is 18.6 Å². The fraction of sp³-hybridized carbons (Fsp3) is 0.200. The van der Waals surface area contributed by atoms with Gasteiger partial charge in [-0.15, -0.1) is 0 Å². The molecule has 0 aliphatic carbocycles. The lowest BCUT2D eigenvalue weighted by molar-refractivity contribution is 0.618. The van der Waals surface area contributed by atoms with E-state index >= 15 is 0 Å². The van der Waals surface area contributed by atoms with Gasteiger partial charge in [0, 0.05) is 11.7 Å². The second kappa shape index (κ2) is 5.17. The van der Waals surface area contributed by atoms with Crippen molar-refractivity contribution in [3.05, 3.63) is 65.2 Å². The number of halogens is 2. The van der Waals surface area contributed by atoms with Crippen molar-refractivity contribution in [2.75, 3.05) is 5.32 Å². The van der Waals surface area contributed by atoms with Crippen LogP contribution in [-0.4, -0.2) is 0 Å². The van der Waals surface area contributed by atoms with E-state index in [2.05, 4.69) is 5.32 Å². The fourth-order valence-corrected chi connectivity index (χ4v) is 1.79. The molecule has 1 nitrogen and oxygen atoms in total. The number of hydrogen-bond donors (Lipinski definition) is 1. The first-order chi connectivity index (χ1) is 8.56. The third-order valence-corrected chi connectivity index (χ3v) is 2.90. The molecule has 1 atom stereocenters. The summed E-state index contributed by atoms with van der Waals surface area (Å²) < 4.78 is 26.5. The first-order valence-electron chi connectivity index (χ1n) is 5.84. The second-order valence-corrected chi connectivity index (χ2v) is 4.38. The van der Waals surface area contributed by atoms with E-state index in [1.54, 1.807) is 19.1 Å². The smallest absolute Gasteiger partial charge is 0.128 e. The Balaban J connectivity index is 2.16. The third-order valence-electron chi connectivity index (χ3n) is 2.90. The number of aryl methyl sites for hydroxylation is 1. The summed E-state index contributed by atoms with van der Waals surface area (Å²) in [5, 5.41) is 3.15. The molecule has 94 valence electrons. The van der Waals surface area contributed by atoms with E-state index in [1.165, 1.54) is 18.2 Å². The molecule has 0 bridgehead atoms. The molecule has 0 saturated heterocycles. The van der Waals surface area contributed by atoms with E-state index in [1.807, 2.05) is 19.1 Å². The number of nitrogens with one attached hydrogen (secondary N) is 1. The van der Waals surface area contributed by atoms with Gasteiger partial charge in [0.25, 0.3) is 0 Å². The summed E-state index contributed by atoms with van der Waals surface area (Å²) in [6.07, 6.45) is 0. The Bertz CT molecular complexity index is 552. The molecule has 0 radical (unpaired) electrons. The van der Waals surface area contributed by atoms with E-state index < -0.39 is 0 Å². The molecule has 0 aromatic heterocycles. The zero-order chi connectivity index (χ0) is 13.1. The summed E-state index contributed by atoms with van der Waals surface area (Å²) >= 11 is 0. The molecule has 0 amide bonds. The van der Waals surface area contributed by atoms with Crippen LogP contribution in [0.3, 0.4) is 0 Å². The highest BCUT2D eigenvalue weighted by Gasteiger charge is 2.07. The fourth-order valence-electron chi connectivity index (χ4n) is 1.79. The van der Waals surface area contributed by atoms with Crippen molar-refractivity contribution in [1.29, 1.82) is 0 Å². The van der Waals surface area contributed by atoms with Crippen LogP contribution in [0.1, 0.15) is 24.1 Å². The summed E-state index contributed by atoms with van der Waals surface area (Å²) in [5.74, 6) is -0.511. The summed E-state index contributed by atoms with van der Waals surface area (Å²) in [6, 6.07) is 11.3. The molecule has 0 aliphatic rings. The second-order valence-electron chi connectivity index (χ2n) is 4.38. The normalized spacial score (nSPS) is 12.2. The van der Waals surface area contributed by atoms with Crippen LogP contribution in [0.25, 0.3) is 0 Å². The average molecular weight is 247 g/mol. The molecule has 0 spiro atoms. The van der Waals surface area contributed by atoms with Gasteiger partial charge in [-0.2, -0.15) is 0 Å². The molecule has 0 saturated carbocycles. The number of anilines is 1. The minimum absolute atomic E-state index is 0.0807. The van der Waals surface area contributed by atoms with Gasteiger partial charge in [0.2, 0.25) is 0 Å². The molecular weight excluding hydrogens is 232 g/mol. The summed E-state index contributed by atoms with van der Waals surface area (Å²) in [4.78, 5) is 0. The van der Waals surface area contributed by atoms with Crippen LogP contribution in [0.2, 0.25) is 0 Å². The Morgan fingerprint density at radius 2 is 1.83 bits per heavy atom. The molecule has 0 fully saturated rings. The lowest BCUT2D eigenvalue weighted by Gasteiger charge is -2.16. The molecule has 1 N–H and O–H groups in total. The van der Waals surface area contributed by atoms with E-state index in [9.17, 15) is 8.78 Å². The number of hydrogen-bond acceptors (Lipinski definition) is 1. The molecule has 0 heterocycles. The van der Waals surface area contributed by atoms with Crippen molar-refractivity contribution in [1.82, 2.24) is 0 Å². The minimum atomic E-state index is -0.267. The topological polar surface area (TPSA) is 12.0 Å². The van der Waals surface area contributed by atoms with E-state index in [0.29, 0.717) is 11.3 Å². The highest BCUT2D eigenvalue weighted by Crippen LogP contribution is 2.21. The van der Waals surface area contributed by atoms with E-state index in [-0.39, 0.29) is 17.7 Å². The third kappa shape index (κ3) is 2.86. The van der Waals surface area contributed by atoms with Crippen molar-refractivity contribution < 1.29 is 8.78 Å². The maximum Gasteiger partial charge on any atom is 0.128 e. The first-order valence-corrected chi connectivity index (χ1v) is 5.84. The van der Waals surface area contributed by atoms with Crippen molar-refractivity contribution in [2.45, 2.75) is 19.9 Å². The van der Waals surface area contributed by atoms with Gasteiger partial charge in [-0.05, 0) is 49.2 Å². The van der Waals surface area contributed by atoms with Crippen LogP contribution < -0.4 is 5.32 Å². The minimum Gasteiger partial charge on any atom is -0.378 e. The van der Waals surface area contributed by atoms with Gasteiger partial charge < -0.3 is 5.32 Å². The molecule has 18 heavy (non-hydrogen) atoms. The van der Waals surface area contributed by atoms with Gasteiger partial charge in [0.05, 0.1) is 0 Å². The molecule has 0 aliphatic heterocycles. The van der Waals surface area contributed by atoms with Gasteiger partial charge >= 0.3 is 0 Å². The van der Waals surface area contributed by atoms with Gasteiger partial charge in [-0.25, -0.2) is 8.78 Å². The Morgan fingerprint density at radius 3 is 2.50 bits per heavy atom.